The van der Waals surface area contributed by atoms with Gasteiger partial charge in [-0.1, -0.05) is 35.0 Å². The van der Waals surface area contributed by atoms with Gasteiger partial charge >= 0.3 is 0 Å². The minimum absolute atomic E-state index is 0.378. The number of nitrogens with zero attached hydrogens (tertiary/aromatic N) is 3. The molecule has 78 valence electrons. The first kappa shape index (κ1) is 10.5. The fraction of sp³-hybridized carbons (Fsp3) is 0.200. The van der Waals surface area contributed by atoms with E-state index in [0.717, 1.165) is 16.3 Å². The number of aromatic nitrogens is 3. The molecule has 0 aliphatic heterocycles. The highest BCUT2D eigenvalue weighted by molar-refractivity contribution is 6.31. The van der Waals surface area contributed by atoms with E-state index in [4.69, 9.17) is 23.2 Å². The van der Waals surface area contributed by atoms with E-state index in [0.29, 0.717) is 12.4 Å². The van der Waals surface area contributed by atoms with Crippen LogP contribution in [-0.4, -0.2) is 15.0 Å². The van der Waals surface area contributed by atoms with Crippen LogP contribution in [0.1, 0.15) is 11.3 Å². The van der Waals surface area contributed by atoms with Gasteiger partial charge in [0.2, 0.25) is 0 Å². The summed E-state index contributed by atoms with van der Waals surface area (Å²) in [5.74, 6) is 0.378. The SMILES string of the molecule is ClCc1cn(Cc2ccccc2Cl)nn1. The Morgan fingerprint density at radius 3 is 2.73 bits per heavy atom. The molecule has 0 aliphatic rings. The predicted octanol–water partition coefficient (Wildman–Crippen LogP) is 2.72. The van der Waals surface area contributed by atoms with Crippen molar-refractivity contribution in [2.75, 3.05) is 0 Å². The first-order valence-corrected chi connectivity index (χ1v) is 5.39. The normalized spacial score (nSPS) is 10.5. The molecule has 0 fully saturated rings. The summed E-state index contributed by atoms with van der Waals surface area (Å²) in [7, 11) is 0. The Labute approximate surface area is 97.6 Å². The van der Waals surface area contributed by atoms with Crippen molar-refractivity contribution in [3.63, 3.8) is 0 Å². The van der Waals surface area contributed by atoms with Crippen molar-refractivity contribution in [2.24, 2.45) is 0 Å². The molecule has 0 bridgehead atoms. The molecule has 15 heavy (non-hydrogen) atoms. The monoisotopic (exact) mass is 241 g/mol. The lowest BCUT2D eigenvalue weighted by Crippen LogP contribution is -2.00. The van der Waals surface area contributed by atoms with Crippen LogP contribution in [0.5, 0.6) is 0 Å². The molecule has 2 rings (SSSR count). The second-order valence-corrected chi connectivity index (χ2v) is 3.81. The summed E-state index contributed by atoms with van der Waals surface area (Å²) >= 11 is 11.7. The highest BCUT2D eigenvalue weighted by Crippen LogP contribution is 2.15. The van der Waals surface area contributed by atoms with E-state index in [9.17, 15) is 0 Å². The minimum atomic E-state index is 0.378. The summed E-state index contributed by atoms with van der Waals surface area (Å²) < 4.78 is 1.72. The topological polar surface area (TPSA) is 30.7 Å². The van der Waals surface area contributed by atoms with E-state index in [1.807, 2.05) is 30.5 Å². The van der Waals surface area contributed by atoms with Gasteiger partial charge in [0.1, 0.15) is 0 Å². The van der Waals surface area contributed by atoms with Crippen LogP contribution < -0.4 is 0 Å². The van der Waals surface area contributed by atoms with Crippen LogP contribution in [0.25, 0.3) is 0 Å². The van der Waals surface area contributed by atoms with Gasteiger partial charge in [0.15, 0.2) is 0 Å². The quantitative estimate of drug-likeness (QED) is 0.774. The van der Waals surface area contributed by atoms with Gasteiger partial charge < -0.3 is 0 Å². The van der Waals surface area contributed by atoms with Gasteiger partial charge in [-0.3, -0.25) is 0 Å². The number of hydrogen-bond acceptors (Lipinski definition) is 2. The molecule has 1 aromatic carbocycles. The highest BCUT2D eigenvalue weighted by atomic mass is 35.5. The first-order valence-electron chi connectivity index (χ1n) is 4.48. The van der Waals surface area contributed by atoms with Crippen LogP contribution in [0.15, 0.2) is 30.5 Å². The van der Waals surface area contributed by atoms with Crippen molar-refractivity contribution >= 4 is 23.2 Å². The maximum absolute atomic E-state index is 6.03. The predicted molar refractivity (Wildman–Crippen MR) is 60.1 cm³/mol. The highest BCUT2D eigenvalue weighted by Gasteiger charge is 2.02. The Balaban J connectivity index is 2.18. The molecular formula is C10H9Cl2N3. The first-order chi connectivity index (χ1) is 7.29. The van der Waals surface area contributed by atoms with Crippen LogP contribution in [0, 0.1) is 0 Å². The maximum atomic E-state index is 6.03. The molecule has 0 spiro atoms. The zero-order valence-corrected chi connectivity index (χ0v) is 9.41. The third kappa shape index (κ3) is 2.49. The van der Waals surface area contributed by atoms with Crippen molar-refractivity contribution in [3.05, 3.63) is 46.7 Å². The van der Waals surface area contributed by atoms with Crippen molar-refractivity contribution in [3.8, 4) is 0 Å². The van der Waals surface area contributed by atoms with E-state index in [-0.39, 0.29) is 0 Å². The van der Waals surface area contributed by atoms with E-state index >= 15 is 0 Å². The van der Waals surface area contributed by atoms with Crippen molar-refractivity contribution in [1.82, 2.24) is 15.0 Å². The lowest BCUT2D eigenvalue weighted by Gasteiger charge is -2.02. The maximum Gasteiger partial charge on any atom is 0.0974 e. The van der Waals surface area contributed by atoms with Crippen LogP contribution in [0.3, 0.4) is 0 Å². The Morgan fingerprint density at radius 2 is 2.07 bits per heavy atom. The van der Waals surface area contributed by atoms with E-state index in [1.54, 1.807) is 4.68 Å². The molecule has 0 amide bonds. The fourth-order valence-electron chi connectivity index (χ4n) is 1.28. The molecule has 5 heteroatoms. The largest absolute Gasteiger partial charge is 0.248 e. The van der Waals surface area contributed by atoms with E-state index < -0.39 is 0 Å². The van der Waals surface area contributed by atoms with Crippen LogP contribution >= 0.6 is 23.2 Å². The molecule has 0 radical (unpaired) electrons. The molecule has 0 N–H and O–H groups in total. The van der Waals surface area contributed by atoms with Crippen molar-refractivity contribution in [2.45, 2.75) is 12.4 Å². The second-order valence-electron chi connectivity index (χ2n) is 3.13. The molecule has 1 aromatic heterocycles. The summed E-state index contributed by atoms with van der Waals surface area (Å²) in [6.45, 7) is 0.615. The summed E-state index contributed by atoms with van der Waals surface area (Å²) in [5, 5.41) is 8.58. The van der Waals surface area contributed by atoms with Gasteiger partial charge in [-0.05, 0) is 11.6 Å². The molecule has 2 aromatic rings. The molecule has 0 saturated heterocycles. The van der Waals surface area contributed by atoms with E-state index in [2.05, 4.69) is 10.3 Å². The lowest BCUT2D eigenvalue weighted by molar-refractivity contribution is 0.649. The van der Waals surface area contributed by atoms with Crippen LogP contribution in [0.4, 0.5) is 0 Å². The Morgan fingerprint density at radius 1 is 1.27 bits per heavy atom. The van der Waals surface area contributed by atoms with Gasteiger partial charge in [-0.15, -0.1) is 16.7 Å². The van der Waals surface area contributed by atoms with Crippen LogP contribution in [-0.2, 0) is 12.4 Å². The Hall–Kier alpha value is -1.06. The molecule has 0 aliphatic carbocycles. The Bertz CT molecular complexity index is 453. The zero-order valence-electron chi connectivity index (χ0n) is 7.90. The number of halogens is 2. The number of hydrogen-bond donors (Lipinski definition) is 0. The number of benzene rings is 1. The summed E-state index contributed by atoms with van der Waals surface area (Å²) in [4.78, 5) is 0. The molecule has 3 nitrogen and oxygen atoms in total. The smallest absolute Gasteiger partial charge is 0.0974 e. The standard InChI is InChI=1S/C10H9Cl2N3/c11-5-9-7-15(14-13-9)6-8-3-1-2-4-10(8)12/h1-4,7H,5-6H2. The number of rotatable bonds is 3. The average molecular weight is 242 g/mol. The summed E-state index contributed by atoms with van der Waals surface area (Å²) in [5.41, 5.74) is 1.79. The third-order valence-corrected chi connectivity index (χ3v) is 2.66. The summed E-state index contributed by atoms with van der Waals surface area (Å²) in [6.07, 6.45) is 1.82. The van der Waals surface area contributed by atoms with Gasteiger partial charge in [0.05, 0.1) is 24.3 Å². The van der Waals surface area contributed by atoms with Gasteiger partial charge in [0.25, 0.3) is 0 Å². The number of alkyl halides is 1. The second kappa shape index (κ2) is 4.64. The van der Waals surface area contributed by atoms with Crippen LogP contribution in [0.2, 0.25) is 5.02 Å². The van der Waals surface area contributed by atoms with Crippen molar-refractivity contribution in [1.29, 1.82) is 0 Å². The summed E-state index contributed by atoms with van der Waals surface area (Å²) in [6, 6.07) is 7.67. The van der Waals surface area contributed by atoms with Gasteiger partial charge in [-0.2, -0.15) is 0 Å². The van der Waals surface area contributed by atoms with Gasteiger partial charge in [-0.25, -0.2) is 4.68 Å². The average Bonchev–Trinajstić information content (AvgIpc) is 2.69. The molecule has 1 heterocycles. The molecular weight excluding hydrogens is 233 g/mol. The Kier molecular flexibility index (Phi) is 3.23. The minimum Gasteiger partial charge on any atom is -0.248 e. The van der Waals surface area contributed by atoms with Crippen molar-refractivity contribution < 1.29 is 0 Å². The molecule has 0 saturated carbocycles. The fourth-order valence-corrected chi connectivity index (χ4v) is 1.60. The van der Waals surface area contributed by atoms with E-state index in [1.165, 1.54) is 0 Å². The zero-order chi connectivity index (χ0) is 10.7. The van der Waals surface area contributed by atoms with Gasteiger partial charge in [0, 0.05) is 5.02 Å². The third-order valence-electron chi connectivity index (χ3n) is 2.01. The molecule has 0 unspecified atom stereocenters. The molecule has 0 atom stereocenters. The lowest BCUT2D eigenvalue weighted by atomic mass is 10.2.